The first kappa shape index (κ1) is 22.6. The summed E-state index contributed by atoms with van der Waals surface area (Å²) in [4.78, 5) is 6.34. The molecule has 1 aliphatic heterocycles. The molecule has 0 amide bonds. The highest BCUT2D eigenvalue weighted by Gasteiger charge is 2.24. The fourth-order valence-electron chi connectivity index (χ4n) is 3.17. The van der Waals surface area contributed by atoms with Gasteiger partial charge in [0, 0.05) is 31.4 Å². The lowest BCUT2D eigenvalue weighted by Gasteiger charge is -2.33. The van der Waals surface area contributed by atoms with Gasteiger partial charge in [-0.25, -0.2) is 9.07 Å². The number of pyridine rings is 1. The number of allylic oxidation sites excluding steroid dienone is 5. The van der Waals surface area contributed by atoms with Crippen LogP contribution in [0.25, 0.3) is 17.0 Å². The van der Waals surface area contributed by atoms with Crippen molar-refractivity contribution >= 4 is 5.57 Å². The van der Waals surface area contributed by atoms with Crippen molar-refractivity contribution in [1.82, 2.24) is 35.1 Å². The molecular weight excluding hydrogens is 435 g/mol. The van der Waals surface area contributed by atoms with Gasteiger partial charge in [-0.1, -0.05) is 35.6 Å². The number of nitrogens with zero attached hydrogens (tertiary/aromatic N) is 7. The summed E-state index contributed by atoms with van der Waals surface area (Å²) in [6, 6.07) is 3.39. The first-order valence-electron chi connectivity index (χ1n) is 10.3. The van der Waals surface area contributed by atoms with Crippen molar-refractivity contribution in [3.63, 3.8) is 0 Å². The first-order chi connectivity index (χ1) is 16.0. The lowest BCUT2D eigenvalue weighted by atomic mass is 10.1. The van der Waals surface area contributed by atoms with Gasteiger partial charge in [-0.3, -0.25) is 9.88 Å². The highest BCUT2D eigenvalue weighted by molar-refractivity contribution is 5.72. The van der Waals surface area contributed by atoms with E-state index in [9.17, 15) is 13.2 Å². The van der Waals surface area contributed by atoms with E-state index in [1.165, 1.54) is 6.20 Å². The van der Waals surface area contributed by atoms with E-state index in [-0.39, 0.29) is 5.89 Å². The van der Waals surface area contributed by atoms with Crippen LogP contribution in [0.15, 0.2) is 59.3 Å². The van der Waals surface area contributed by atoms with Crippen molar-refractivity contribution < 1.29 is 17.6 Å². The quantitative estimate of drug-likeness (QED) is 0.451. The van der Waals surface area contributed by atoms with Gasteiger partial charge in [0.05, 0.1) is 24.0 Å². The van der Waals surface area contributed by atoms with E-state index >= 15 is 0 Å². The Labute approximate surface area is 188 Å². The Balaban J connectivity index is 1.41. The van der Waals surface area contributed by atoms with Gasteiger partial charge in [0.15, 0.2) is 0 Å². The molecule has 1 saturated heterocycles. The molecule has 4 rings (SSSR count). The summed E-state index contributed by atoms with van der Waals surface area (Å²) in [6.45, 7) is 3.91. The second kappa shape index (κ2) is 10.3. The zero-order valence-corrected chi connectivity index (χ0v) is 17.9. The Morgan fingerprint density at radius 3 is 2.76 bits per heavy atom. The largest absolute Gasteiger partial charge is 0.415 e. The molecule has 0 aliphatic carbocycles. The summed E-state index contributed by atoms with van der Waals surface area (Å²) in [7, 11) is 0. The fourth-order valence-corrected chi connectivity index (χ4v) is 3.17. The molecule has 0 atom stereocenters. The summed E-state index contributed by atoms with van der Waals surface area (Å²) in [5.41, 5.74) is 2.71. The Morgan fingerprint density at radius 2 is 2.09 bits per heavy atom. The topological polar surface area (TPSA) is 85.8 Å². The van der Waals surface area contributed by atoms with Crippen molar-refractivity contribution in [3.8, 4) is 11.5 Å². The molecule has 3 aromatic heterocycles. The van der Waals surface area contributed by atoms with Crippen LogP contribution in [0.3, 0.4) is 0 Å². The third kappa shape index (κ3) is 5.80. The summed E-state index contributed by atoms with van der Waals surface area (Å²) < 4.78 is 44.8. The normalized spacial score (nSPS) is 15.8. The van der Waals surface area contributed by atoms with Crippen LogP contribution < -0.4 is 0 Å². The van der Waals surface area contributed by atoms with Crippen molar-refractivity contribution in [2.45, 2.75) is 26.1 Å². The van der Waals surface area contributed by atoms with Gasteiger partial charge in [0.1, 0.15) is 11.9 Å². The average Bonchev–Trinajstić information content (AvgIpc) is 3.45. The minimum atomic E-state index is -2.82. The molecule has 1 aliphatic rings. The number of halogens is 3. The maximum absolute atomic E-state index is 13.0. The number of hydrogen-bond donors (Lipinski definition) is 0. The summed E-state index contributed by atoms with van der Waals surface area (Å²) in [6.07, 6.45) is 9.45. The van der Waals surface area contributed by atoms with E-state index in [1.54, 1.807) is 16.8 Å². The van der Waals surface area contributed by atoms with Crippen LogP contribution in [0.2, 0.25) is 0 Å². The Kier molecular flexibility index (Phi) is 7.08. The van der Waals surface area contributed by atoms with E-state index in [4.69, 9.17) is 4.42 Å². The van der Waals surface area contributed by atoms with E-state index < -0.39 is 18.5 Å². The lowest BCUT2D eigenvalue weighted by molar-refractivity contribution is 0.0772. The smallest absolute Gasteiger partial charge is 0.314 e. The highest BCUT2D eigenvalue weighted by atomic mass is 19.3. The maximum atomic E-state index is 13.0. The predicted molar refractivity (Wildman–Crippen MR) is 115 cm³/mol. The zero-order chi connectivity index (χ0) is 23.2. The van der Waals surface area contributed by atoms with Crippen LogP contribution in [-0.4, -0.2) is 60.9 Å². The van der Waals surface area contributed by atoms with Crippen molar-refractivity contribution in [1.29, 1.82) is 0 Å². The number of alkyl halides is 3. The van der Waals surface area contributed by atoms with Crippen molar-refractivity contribution in [3.05, 3.63) is 72.2 Å². The van der Waals surface area contributed by atoms with E-state index in [2.05, 4.69) is 25.5 Å². The molecule has 1 fully saturated rings. The minimum Gasteiger partial charge on any atom is -0.415 e. The van der Waals surface area contributed by atoms with Gasteiger partial charge < -0.3 is 4.42 Å². The molecule has 0 bridgehead atoms. The molecule has 0 radical (unpaired) electrons. The van der Waals surface area contributed by atoms with E-state index in [0.717, 1.165) is 5.57 Å². The molecule has 8 nitrogen and oxygen atoms in total. The second-order valence-electron chi connectivity index (χ2n) is 7.45. The lowest BCUT2D eigenvalue weighted by Crippen LogP contribution is -2.48. The third-order valence-corrected chi connectivity index (χ3v) is 4.90. The Bertz CT molecular complexity index is 1140. The summed E-state index contributed by atoms with van der Waals surface area (Å²) >= 11 is 0. The van der Waals surface area contributed by atoms with E-state index in [0.29, 0.717) is 43.1 Å². The van der Waals surface area contributed by atoms with Crippen LogP contribution in [0.5, 0.6) is 0 Å². The van der Waals surface area contributed by atoms with Crippen LogP contribution in [0.1, 0.15) is 30.6 Å². The fraction of sp³-hybridized carbons (Fsp3) is 0.318. The first-order valence-corrected chi connectivity index (χ1v) is 10.3. The monoisotopic (exact) mass is 457 g/mol. The molecule has 0 spiro atoms. The van der Waals surface area contributed by atoms with Crippen LogP contribution in [0.4, 0.5) is 13.2 Å². The molecule has 4 heterocycles. The van der Waals surface area contributed by atoms with Crippen LogP contribution >= 0.6 is 0 Å². The third-order valence-electron chi connectivity index (χ3n) is 4.90. The number of likely N-dealkylation sites (tertiary alicyclic amines) is 1. The summed E-state index contributed by atoms with van der Waals surface area (Å²) in [5.74, 6) is -0.741. The van der Waals surface area contributed by atoms with Gasteiger partial charge in [0.2, 0.25) is 5.89 Å². The van der Waals surface area contributed by atoms with Gasteiger partial charge in [-0.05, 0) is 19.1 Å². The van der Waals surface area contributed by atoms with Gasteiger partial charge in [-0.15, -0.1) is 15.3 Å². The molecule has 0 saturated carbocycles. The number of aromatic nitrogens is 6. The maximum Gasteiger partial charge on any atom is 0.314 e. The standard InChI is InChI=1S/C22H22F3N7O/c1-2-3-5-15(6-4-9-31-11-17(23)12-31)19-14-32(30-27-19)13-18-8-7-16(10-26-18)21-28-29-22(33-21)20(24)25/h2-8,10,14,17,20H,9,11-13H2,1H3/b3-2-,6-4+,15-5+. The number of rotatable bonds is 9. The average molecular weight is 457 g/mol. The molecule has 0 aromatic carbocycles. The highest BCUT2D eigenvalue weighted by Crippen LogP contribution is 2.23. The molecule has 0 unspecified atom stereocenters. The molecule has 11 heteroatoms. The van der Waals surface area contributed by atoms with Crippen LogP contribution in [-0.2, 0) is 6.54 Å². The molecule has 0 N–H and O–H groups in total. The minimum absolute atomic E-state index is 0.0156. The predicted octanol–water partition coefficient (Wildman–Crippen LogP) is 3.88. The molecular formula is C22H22F3N7O. The number of hydrogen-bond acceptors (Lipinski definition) is 7. The summed E-state index contributed by atoms with van der Waals surface area (Å²) in [5, 5.41) is 15.3. The molecule has 3 aromatic rings. The van der Waals surface area contributed by atoms with Gasteiger partial charge in [0.25, 0.3) is 5.89 Å². The molecule has 33 heavy (non-hydrogen) atoms. The zero-order valence-electron chi connectivity index (χ0n) is 17.9. The molecule has 172 valence electrons. The van der Waals surface area contributed by atoms with E-state index in [1.807, 2.05) is 48.4 Å². The van der Waals surface area contributed by atoms with Crippen molar-refractivity contribution in [2.24, 2.45) is 0 Å². The van der Waals surface area contributed by atoms with Crippen LogP contribution in [0, 0.1) is 0 Å². The SMILES string of the molecule is C\C=C/C=C(\C=C\CN1CC(F)C1)c1cn(Cc2ccc(-c3nnc(C(F)F)o3)cn2)nn1. The Morgan fingerprint density at radius 1 is 1.24 bits per heavy atom. The second-order valence-corrected chi connectivity index (χ2v) is 7.45. The Hall–Kier alpha value is -3.60. The van der Waals surface area contributed by atoms with Gasteiger partial charge >= 0.3 is 6.43 Å². The van der Waals surface area contributed by atoms with Crippen molar-refractivity contribution in [2.75, 3.05) is 19.6 Å². The van der Waals surface area contributed by atoms with Gasteiger partial charge in [-0.2, -0.15) is 8.78 Å².